The Morgan fingerprint density at radius 3 is 2.50 bits per heavy atom. The number of Topliss-reactive ketones (excluding diaryl/α,β-unsaturated/α-hetero) is 1. The fourth-order valence-corrected chi connectivity index (χ4v) is 0.105. The summed E-state index contributed by atoms with van der Waals surface area (Å²) in [5.74, 6) is 4.45. The first-order valence-corrected chi connectivity index (χ1v) is 1.51. The van der Waals surface area contributed by atoms with Crippen LogP contribution < -0.4 is 5.84 Å². The number of hydrogen-bond acceptors (Lipinski definition) is 3. The molecule has 0 radical (unpaired) electrons. The molecule has 0 heterocycles. The molecule has 0 aliphatic carbocycles. The number of hydrazone groups is 1. The van der Waals surface area contributed by atoms with Gasteiger partial charge in [0.15, 0.2) is 5.78 Å². The van der Waals surface area contributed by atoms with Crippen molar-refractivity contribution in [2.24, 2.45) is 10.9 Å². The highest BCUT2D eigenvalue weighted by Gasteiger charge is 1.75. The van der Waals surface area contributed by atoms with E-state index in [0.717, 1.165) is 6.21 Å². The maximum absolute atomic E-state index is 9.81. The van der Waals surface area contributed by atoms with Gasteiger partial charge in [0, 0.05) is 6.92 Å². The van der Waals surface area contributed by atoms with Crippen molar-refractivity contribution < 1.29 is 4.79 Å². The topological polar surface area (TPSA) is 55.5 Å². The van der Waals surface area contributed by atoms with Crippen molar-refractivity contribution in [1.82, 2.24) is 0 Å². The lowest BCUT2D eigenvalue weighted by Crippen LogP contribution is -1.92. The van der Waals surface area contributed by atoms with E-state index in [0.29, 0.717) is 0 Å². The van der Waals surface area contributed by atoms with Crippen molar-refractivity contribution in [2.75, 3.05) is 0 Å². The van der Waals surface area contributed by atoms with Crippen molar-refractivity contribution in [3.63, 3.8) is 0 Å². The summed E-state index contributed by atoms with van der Waals surface area (Å²) < 4.78 is 0. The Morgan fingerprint density at radius 1 is 2.00 bits per heavy atom. The third-order valence-corrected chi connectivity index (χ3v) is 0.256. The van der Waals surface area contributed by atoms with Crippen LogP contribution in [-0.4, -0.2) is 12.0 Å². The molecule has 0 aliphatic heterocycles. The van der Waals surface area contributed by atoms with Crippen molar-refractivity contribution in [3.05, 3.63) is 0 Å². The number of carbonyl (C=O) groups is 1. The molecule has 6 heavy (non-hydrogen) atoms. The largest absolute Gasteiger partial charge is 0.323 e. The maximum Gasteiger partial charge on any atom is 0.172 e. The van der Waals surface area contributed by atoms with E-state index < -0.39 is 0 Å². The highest BCUT2D eigenvalue weighted by Crippen LogP contribution is 1.53. The molecular formula is C3H6N2O. The van der Waals surface area contributed by atoms with Gasteiger partial charge in [-0.25, -0.2) is 0 Å². The Kier molecular flexibility index (Phi) is 2.04. The Labute approximate surface area is 35.8 Å². The summed E-state index contributed by atoms with van der Waals surface area (Å²) in [4.78, 5) is 9.81. The fourth-order valence-electron chi connectivity index (χ4n) is 0.105. The molecule has 2 N–H and O–H groups in total. The van der Waals surface area contributed by atoms with E-state index >= 15 is 0 Å². The molecule has 0 rings (SSSR count). The molecule has 0 spiro atoms. The predicted octanol–water partition coefficient (Wildman–Crippen LogP) is -0.480. The molecule has 0 saturated carbocycles. The second-order valence-electron chi connectivity index (χ2n) is 0.889. The molecule has 0 saturated heterocycles. The molecule has 0 aliphatic rings. The minimum atomic E-state index is -0.127. The van der Waals surface area contributed by atoms with Gasteiger partial charge >= 0.3 is 0 Å². The quantitative estimate of drug-likeness (QED) is 0.266. The lowest BCUT2D eigenvalue weighted by atomic mass is 10.5. The predicted molar refractivity (Wildman–Crippen MR) is 23.4 cm³/mol. The lowest BCUT2D eigenvalue weighted by Gasteiger charge is -1.68. The molecule has 0 amide bonds. The van der Waals surface area contributed by atoms with Crippen LogP contribution in [0.4, 0.5) is 0 Å². The summed E-state index contributed by atoms with van der Waals surface area (Å²) in [7, 11) is 0. The zero-order valence-corrected chi connectivity index (χ0v) is 3.51. The van der Waals surface area contributed by atoms with E-state index in [1.54, 1.807) is 0 Å². The van der Waals surface area contributed by atoms with Crippen LogP contribution in [0.25, 0.3) is 0 Å². The van der Waals surface area contributed by atoms with Crippen molar-refractivity contribution in [1.29, 1.82) is 0 Å². The van der Waals surface area contributed by atoms with E-state index in [1.165, 1.54) is 6.92 Å². The van der Waals surface area contributed by atoms with Gasteiger partial charge in [-0.05, 0) is 0 Å². The van der Waals surface area contributed by atoms with E-state index in [9.17, 15) is 4.79 Å². The lowest BCUT2D eigenvalue weighted by molar-refractivity contribution is -0.110. The molecule has 3 nitrogen and oxygen atoms in total. The monoisotopic (exact) mass is 86.0 g/mol. The Morgan fingerprint density at radius 2 is 2.50 bits per heavy atom. The smallest absolute Gasteiger partial charge is 0.172 e. The number of rotatable bonds is 1. The molecule has 0 aromatic heterocycles. The molecule has 0 bridgehead atoms. The van der Waals surface area contributed by atoms with Crippen molar-refractivity contribution in [2.45, 2.75) is 6.92 Å². The molecule has 0 atom stereocenters. The molecule has 0 unspecified atom stereocenters. The van der Waals surface area contributed by atoms with E-state index in [4.69, 9.17) is 0 Å². The van der Waals surface area contributed by atoms with Gasteiger partial charge in [0.1, 0.15) is 0 Å². The van der Waals surface area contributed by atoms with E-state index in [-0.39, 0.29) is 5.78 Å². The summed E-state index contributed by atoms with van der Waals surface area (Å²) in [5.41, 5.74) is 0. The average Bonchev–Trinajstić information content (AvgIpc) is 1.35. The van der Waals surface area contributed by atoms with Crippen LogP contribution in [0.5, 0.6) is 0 Å². The summed E-state index contributed by atoms with van der Waals surface area (Å²) in [5, 5.41) is 2.96. The van der Waals surface area contributed by atoms with Gasteiger partial charge in [0.25, 0.3) is 0 Å². The summed E-state index contributed by atoms with van der Waals surface area (Å²) >= 11 is 0. The normalized spacial score (nSPS) is 9.50. The minimum absolute atomic E-state index is 0.127. The van der Waals surface area contributed by atoms with Crippen LogP contribution in [-0.2, 0) is 4.79 Å². The van der Waals surface area contributed by atoms with Gasteiger partial charge in [-0.1, -0.05) is 0 Å². The van der Waals surface area contributed by atoms with Gasteiger partial charge in [0.05, 0.1) is 6.21 Å². The maximum atomic E-state index is 9.81. The number of hydrogen-bond donors (Lipinski definition) is 1. The first kappa shape index (κ1) is 5.14. The first-order chi connectivity index (χ1) is 2.77. The SMILES string of the molecule is CC(=O)C=NN. The number of nitrogens with two attached hydrogens (primary N) is 1. The van der Waals surface area contributed by atoms with Gasteiger partial charge in [-0.2, -0.15) is 5.10 Å². The Hall–Kier alpha value is -0.860. The first-order valence-electron chi connectivity index (χ1n) is 1.51. The number of ketones is 1. The molecule has 0 fully saturated rings. The zero-order chi connectivity index (χ0) is 4.99. The van der Waals surface area contributed by atoms with Crippen LogP contribution >= 0.6 is 0 Å². The van der Waals surface area contributed by atoms with Crippen molar-refractivity contribution in [3.8, 4) is 0 Å². The minimum Gasteiger partial charge on any atom is -0.323 e. The second-order valence-corrected chi connectivity index (χ2v) is 0.889. The van der Waals surface area contributed by atoms with Crippen LogP contribution in [0, 0.1) is 0 Å². The van der Waals surface area contributed by atoms with Gasteiger partial charge < -0.3 is 5.84 Å². The highest BCUT2D eigenvalue weighted by atomic mass is 16.1. The highest BCUT2D eigenvalue weighted by molar-refractivity contribution is 6.26. The van der Waals surface area contributed by atoms with Gasteiger partial charge in [-0.3, -0.25) is 4.79 Å². The molecule has 34 valence electrons. The zero-order valence-electron chi connectivity index (χ0n) is 3.51. The molecular weight excluding hydrogens is 80.0 g/mol. The summed E-state index contributed by atoms with van der Waals surface area (Å²) in [6.07, 6.45) is 1.06. The molecule has 3 heteroatoms. The van der Waals surface area contributed by atoms with Crippen LogP contribution in [0.1, 0.15) is 6.92 Å². The van der Waals surface area contributed by atoms with Crippen LogP contribution in [0.15, 0.2) is 5.10 Å². The van der Waals surface area contributed by atoms with Crippen LogP contribution in [0.2, 0.25) is 0 Å². The molecule has 0 aromatic rings. The van der Waals surface area contributed by atoms with E-state index in [2.05, 4.69) is 10.9 Å². The number of carbonyl (C=O) groups excluding carboxylic acids is 1. The summed E-state index contributed by atoms with van der Waals surface area (Å²) in [6, 6.07) is 0. The summed E-state index contributed by atoms with van der Waals surface area (Å²) in [6.45, 7) is 1.39. The third-order valence-electron chi connectivity index (χ3n) is 0.256. The van der Waals surface area contributed by atoms with Gasteiger partial charge in [-0.15, -0.1) is 0 Å². The van der Waals surface area contributed by atoms with Crippen LogP contribution in [0.3, 0.4) is 0 Å². The molecule has 0 aromatic carbocycles. The average molecular weight is 86.1 g/mol. The standard InChI is InChI=1S/C3H6N2O/c1-3(6)2-5-4/h2H,4H2,1H3. The Bertz CT molecular complexity index is 76.9. The number of nitrogens with zero attached hydrogens (tertiary/aromatic N) is 1. The Balaban J connectivity index is 3.30. The third kappa shape index (κ3) is 3.14. The van der Waals surface area contributed by atoms with Gasteiger partial charge in [0.2, 0.25) is 0 Å². The van der Waals surface area contributed by atoms with Crippen molar-refractivity contribution >= 4 is 12.0 Å². The van der Waals surface area contributed by atoms with E-state index in [1.807, 2.05) is 0 Å². The second kappa shape index (κ2) is 2.38. The fraction of sp³-hybridized carbons (Fsp3) is 0.333.